The minimum absolute atomic E-state index is 0.108. The monoisotopic (exact) mass is 418 g/mol. The topological polar surface area (TPSA) is 70.7 Å². The van der Waals surface area contributed by atoms with Gasteiger partial charge < -0.3 is 19.3 Å². The Morgan fingerprint density at radius 1 is 1.06 bits per heavy atom. The Balaban J connectivity index is 1.28. The van der Waals surface area contributed by atoms with Crippen LogP contribution in [0.5, 0.6) is 5.75 Å². The Morgan fingerprint density at radius 2 is 1.90 bits per heavy atom. The molecule has 7 heteroatoms. The van der Waals surface area contributed by atoms with Crippen LogP contribution in [-0.2, 0) is 22.5 Å². The first-order valence-corrected chi connectivity index (χ1v) is 10.7. The number of benzene rings is 2. The van der Waals surface area contributed by atoms with Gasteiger partial charge in [0.2, 0.25) is 5.91 Å². The molecule has 2 aliphatic heterocycles. The Kier molecular flexibility index (Phi) is 5.58. The number of hydrogen-bond acceptors (Lipinski definition) is 5. The molecule has 160 valence electrons. The van der Waals surface area contributed by atoms with Crippen LogP contribution in [-0.4, -0.2) is 60.5 Å². The van der Waals surface area contributed by atoms with E-state index in [4.69, 9.17) is 9.47 Å². The molecule has 1 aromatic heterocycles. The van der Waals surface area contributed by atoms with Crippen molar-refractivity contribution in [1.29, 1.82) is 0 Å². The van der Waals surface area contributed by atoms with Gasteiger partial charge in [-0.3, -0.25) is 9.89 Å². The zero-order chi connectivity index (χ0) is 21.0. The number of ether oxygens (including phenoxy) is 2. The van der Waals surface area contributed by atoms with Gasteiger partial charge in [0.1, 0.15) is 12.4 Å². The van der Waals surface area contributed by atoms with E-state index in [0.717, 1.165) is 54.6 Å². The fourth-order valence-corrected chi connectivity index (χ4v) is 4.17. The number of aromatic amines is 1. The Labute approximate surface area is 181 Å². The number of amides is 1. The molecule has 0 unspecified atom stereocenters. The lowest BCUT2D eigenvalue weighted by Gasteiger charge is -2.29. The van der Waals surface area contributed by atoms with Gasteiger partial charge in [-0.25, -0.2) is 0 Å². The van der Waals surface area contributed by atoms with E-state index in [1.165, 1.54) is 5.69 Å². The maximum absolute atomic E-state index is 12.8. The van der Waals surface area contributed by atoms with E-state index in [0.29, 0.717) is 26.1 Å². The Bertz CT molecular complexity index is 1040. The lowest BCUT2D eigenvalue weighted by atomic mass is 9.99. The second kappa shape index (κ2) is 8.81. The number of para-hydroxylation sites is 1. The SMILES string of the molecule is O=C1Cc2c(-c3cccc(N4CCOCC4)c3)n[nH]c2CN1CCOc1ccccc1. The number of anilines is 1. The fourth-order valence-electron chi connectivity index (χ4n) is 4.17. The summed E-state index contributed by atoms with van der Waals surface area (Å²) in [6, 6.07) is 18.1. The third kappa shape index (κ3) is 4.27. The van der Waals surface area contributed by atoms with Crippen LogP contribution in [0.2, 0.25) is 0 Å². The van der Waals surface area contributed by atoms with E-state index in [1.54, 1.807) is 0 Å². The fraction of sp³-hybridized carbons (Fsp3) is 0.333. The first-order valence-electron chi connectivity index (χ1n) is 10.7. The summed E-state index contributed by atoms with van der Waals surface area (Å²) in [4.78, 5) is 17.0. The molecule has 1 fully saturated rings. The van der Waals surface area contributed by atoms with Crippen molar-refractivity contribution in [3.63, 3.8) is 0 Å². The van der Waals surface area contributed by atoms with E-state index < -0.39 is 0 Å². The molecule has 3 heterocycles. The lowest BCUT2D eigenvalue weighted by Crippen LogP contribution is -2.38. The smallest absolute Gasteiger partial charge is 0.227 e. The molecule has 3 aromatic rings. The number of morpholine rings is 1. The molecule has 0 aliphatic carbocycles. The number of aromatic nitrogens is 2. The lowest BCUT2D eigenvalue weighted by molar-refractivity contribution is -0.132. The second-order valence-corrected chi connectivity index (χ2v) is 7.83. The molecule has 31 heavy (non-hydrogen) atoms. The van der Waals surface area contributed by atoms with Crippen molar-refractivity contribution in [2.24, 2.45) is 0 Å². The van der Waals surface area contributed by atoms with Gasteiger partial charge in [-0.15, -0.1) is 0 Å². The first kappa shape index (κ1) is 19.6. The van der Waals surface area contributed by atoms with Crippen molar-refractivity contribution in [2.45, 2.75) is 13.0 Å². The highest BCUT2D eigenvalue weighted by atomic mass is 16.5. The quantitative estimate of drug-likeness (QED) is 0.667. The Morgan fingerprint density at radius 3 is 2.74 bits per heavy atom. The maximum Gasteiger partial charge on any atom is 0.227 e. The molecule has 5 rings (SSSR count). The summed E-state index contributed by atoms with van der Waals surface area (Å²) in [5, 5.41) is 7.74. The van der Waals surface area contributed by atoms with Gasteiger partial charge in [-0.2, -0.15) is 5.10 Å². The van der Waals surface area contributed by atoms with Crippen LogP contribution >= 0.6 is 0 Å². The van der Waals surface area contributed by atoms with Crippen LogP contribution < -0.4 is 9.64 Å². The van der Waals surface area contributed by atoms with E-state index in [9.17, 15) is 4.79 Å². The molecule has 2 aliphatic rings. The molecule has 0 radical (unpaired) electrons. The molecular weight excluding hydrogens is 392 g/mol. The number of nitrogens with zero attached hydrogens (tertiary/aromatic N) is 3. The molecule has 0 bridgehead atoms. The molecule has 0 spiro atoms. The standard InChI is InChI=1S/C24H26N4O3/c29-23-16-21-22(17-28(23)11-14-31-20-7-2-1-3-8-20)25-26-24(21)18-5-4-6-19(15-18)27-9-12-30-13-10-27/h1-8,15H,9-14,16-17H2,(H,25,26). The zero-order valence-corrected chi connectivity index (χ0v) is 17.4. The number of fused-ring (bicyclic) bond motifs is 1. The van der Waals surface area contributed by atoms with Crippen LogP contribution in [0.1, 0.15) is 11.3 Å². The van der Waals surface area contributed by atoms with E-state index in [2.05, 4.69) is 39.4 Å². The first-order chi connectivity index (χ1) is 15.3. The molecule has 1 saturated heterocycles. The second-order valence-electron chi connectivity index (χ2n) is 7.83. The van der Waals surface area contributed by atoms with Crippen LogP contribution in [0.15, 0.2) is 54.6 Å². The molecular formula is C24H26N4O3. The van der Waals surface area contributed by atoms with Gasteiger partial charge in [0.25, 0.3) is 0 Å². The summed E-state index contributed by atoms with van der Waals surface area (Å²) in [7, 11) is 0. The average molecular weight is 418 g/mol. The molecule has 7 nitrogen and oxygen atoms in total. The van der Waals surface area contributed by atoms with Gasteiger partial charge in [0.05, 0.1) is 44.1 Å². The number of carbonyl (C=O) groups is 1. The highest BCUT2D eigenvalue weighted by molar-refractivity contribution is 5.84. The van der Waals surface area contributed by atoms with Crippen LogP contribution in [0.25, 0.3) is 11.3 Å². The third-order valence-electron chi connectivity index (χ3n) is 5.85. The number of H-pyrrole nitrogens is 1. The molecule has 0 saturated carbocycles. The van der Waals surface area contributed by atoms with Gasteiger partial charge in [0, 0.05) is 29.9 Å². The van der Waals surface area contributed by atoms with Crippen molar-refractivity contribution < 1.29 is 14.3 Å². The normalized spacial score (nSPS) is 16.3. The highest BCUT2D eigenvalue weighted by Crippen LogP contribution is 2.31. The molecule has 0 atom stereocenters. The van der Waals surface area contributed by atoms with Crippen LogP contribution in [0, 0.1) is 0 Å². The van der Waals surface area contributed by atoms with Crippen LogP contribution in [0.3, 0.4) is 0 Å². The molecule has 1 N–H and O–H groups in total. The van der Waals surface area contributed by atoms with Crippen molar-refractivity contribution in [2.75, 3.05) is 44.4 Å². The van der Waals surface area contributed by atoms with E-state index >= 15 is 0 Å². The average Bonchev–Trinajstić information content (AvgIpc) is 3.23. The number of hydrogen-bond donors (Lipinski definition) is 1. The molecule has 2 aromatic carbocycles. The maximum atomic E-state index is 12.8. The molecule has 1 amide bonds. The Hall–Kier alpha value is -3.32. The minimum Gasteiger partial charge on any atom is -0.492 e. The predicted molar refractivity (Wildman–Crippen MR) is 118 cm³/mol. The number of nitrogens with one attached hydrogen (secondary N) is 1. The summed E-state index contributed by atoms with van der Waals surface area (Å²) in [5.74, 6) is 0.924. The third-order valence-corrected chi connectivity index (χ3v) is 5.85. The van der Waals surface area contributed by atoms with Crippen molar-refractivity contribution in [3.8, 4) is 17.0 Å². The number of rotatable bonds is 6. The highest BCUT2D eigenvalue weighted by Gasteiger charge is 2.28. The van der Waals surface area contributed by atoms with Crippen LogP contribution in [0.4, 0.5) is 5.69 Å². The van der Waals surface area contributed by atoms with E-state index in [1.807, 2.05) is 35.2 Å². The predicted octanol–water partition coefficient (Wildman–Crippen LogP) is 2.88. The summed E-state index contributed by atoms with van der Waals surface area (Å²) in [6.07, 6.45) is 0.355. The van der Waals surface area contributed by atoms with Gasteiger partial charge in [-0.1, -0.05) is 30.3 Å². The van der Waals surface area contributed by atoms with Crippen molar-refractivity contribution in [1.82, 2.24) is 15.1 Å². The zero-order valence-electron chi connectivity index (χ0n) is 17.4. The number of carbonyl (C=O) groups excluding carboxylic acids is 1. The van der Waals surface area contributed by atoms with Gasteiger partial charge in [0.15, 0.2) is 0 Å². The van der Waals surface area contributed by atoms with E-state index in [-0.39, 0.29) is 5.91 Å². The van der Waals surface area contributed by atoms with Gasteiger partial charge >= 0.3 is 0 Å². The van der Waals surface area contributed by atoms with Crippen molar-refractivity contribution in [3.05, 3.63) is 65.9 Å². The minimum atomic E-state index is 0.108. The summed E-state index contributed by atoms with van der Waals surface area (Å²) in [5.41, 5.74) is 5.09. The largest absolute Gasteiger partial charge is 0.492 e. The summed E-state index contributed by atoms with van der Waals surface area (Å²) in [6.45, 7) is 4.83. The summed E-state index contributed by atoms with van der Waals surface area (Å²) >= 11 is 0. The summed E-state index contributed by atoms with van der Waals surface area (Å²) < 4.78 is 11.2. The van der Waals surface area contributed by atoms with Gasteiger partial charge in [-0.05, 0) is 24.3 Å². The van der Waals surface area contributed by atoms with Crippen molar-refractivity contribution >= 4 is 11.6 Å².